The lowest BCUT2D eigenvalue weighted by Crippen LogP contribution is -2.41. The third-order valence-electron chi connectivity index (χ3n) is 5.08. The van der Waals surface area contributed by atoms with E-state index in [1.165, 1.54) is 11.8 Å². The number of thioether (sulfide) groups is 1. The summed E-state index contributed by atoms with van der Waals surface area (Å²) >= 11 is 1.40. The number of hydrogen-bond donors (Lipinski definition) is 2. The number of anilines is 1. The summed E-state index contributed by atoms with van der Waals surface area (Å²) in [7, 11) is 3.22. The van der Waals surface area contributed by atoms with Gasteiger partial charge in [0.15, 0.2) is 5.82 Å². The van der Waals surface area contributed by atoms with Crippen LogP contribution in [0.15, 0.2) is 53.7 Å². The van der Waals surface area contributed by atoms with E-state index in [0.717, 1.165) is 30.0 Å². The van der Waals surface area contributed by atoms with Crippen molar-refractivity contribution in [1.29, 1.82) is 0 Å². The number of aromatic nitrogens is 3. The van der Waals surface area contributed by atoms with Crippen molar-refractivity contribution in [2.75, 3.05) is 25.0 Å². The third kappa shape index (κ3) is 4.32. The van der Waals surface area contributed by atoms with Crippen LogP contribution in [-0.2, 0) is 11.2 Å². The van der Waals surface area contributed by atoms with Gasteiger partial charge in [0.2, 0.25) is 11.1 Å². The topological polar surface area (TPSA) is 90.3 Å². The van der Waals surface area contributed by atoms with Crippen LogP contribution in [0.2, 0.25) is 0 Å². The Morgan fingerprint density at radius 1 is 1.13 bits per heavy atom. The Hall–Kier alpha value is -3.20. The summed E-state index contributed by atoms with van der Waals surface area (Å²) in [6.45, 7) is 2.10. The van der Waals surface area contributed by atoms with Crippen molar-refractivity contribution in [2.45, 2.75) is 36.2 Å². The number of nitrogens with one attached hydrogen (secondary N) is 2. The number of carbonyl (C=O) groups excluding carboxylic acids is 1. The van der Waals surface area contributed by atoms with Crippen molar-refractivity contribution in [3.63, 3.8) is 0 Å². The molecule has 3 aromatic rings. The van der Waals surface area contributed by atoms with Crippen LogP contribution in [0.5, 0.6) is 11.5 Å². The number of amides is 1. The Bertz CT molecular complexity index is 1050. The lowest BCUT2D eigenvalue weighted by atomic mass is 10.0. The second-order valence-electron chi connectivity index (χ2n) is 7.09. The number of rotatable bonds is 7. The molecule has 4 rings (SSSR count). The fraction of sp³-hybridized carbons (Fsp3) is 0.318. The van der Waals surface area contributed by atoms with E-state index in [2.05, 4.69) is 27.9 Å². The minimum atomic E-state index is -0.468. The SMILES string of the molecule is CCCc1nnc2n1NC(c1ccc(OC)cc1)C(C(=O)Nc1ccccc1OC)S2. The molecule has 8 nitrogen and oxygen atoms in total. The van der Waals surface area contributed by atoms with Gasteiger partial charge in [0.25, 0.3) is 0 Å². The van der Waals surface area contributed by atoms with Gasteiger partial charge in [-0.3, -0.25) is 4.79 Å². The Kier molecular flexibility index (Phi) is 6.31. The Balaban J connectivity index is 1.67. The van der Waals surface area contributed by atoms with Crippen LogP contribution in [0.3, 0.4) is 0 Å². The van der Waals surface area contributed by atoms with Gasteiger partial charge in [-0.2, -0.15) is 0 Å². The van der Waals surface area contributed by atoms with E-state index >= 15 is 0 Å². The number of hydrogen-bond acceptors (Lipinski definition) is 7. The predicted molar refractivity (Wildman–Crippen MR) is 120 cm³/mol. The molecule has 162 valence electrons. The van der Waals surface area contributed by atoms with E-state index in [4.69, 9.17) is 9.47 Å². The standard InChI is InChI=1S/C22H25N5O3S/c1-4-7-18-24-25-22-27(18)26-19(14-10-12-15(29-2)13-11-14)20(31-22)21(28)23-16-8-5-6-9-17(16)30-3/h5-6,8-13,19-20,26H,4,7H2,1-3H3,(H,23,28). The fourth-order valence-corrected chi connectivity index (χ4v) is 4.60. The number of aryl methyl sites for hydroxylation is 1. The summed E-state index contributed by atoms with van der Waals surface area (Å²) < 4.78 is 12.6. The summed E-state index contributed by atoms with van der Waals surface area (Å²) in [5.74, 6) is 2.08. The summed E-state index contributed by atoms with van der Waals surface area (Å²) in [5, 5.41) is 11.8. The van der Waals surface area contributed by atoms with Crippen LogP contribution in [-0.4, -0.2) is 40.3 Å². The van der Waals surface area contributed by atoms with Gasteiger partial charge in [-0.15, -0.1) is 10.2 Å². The first-order valence-corrected chi connectivity index (χ1v) is 11.0. The smallest absolute Gasteiger partial charge is 0.240 e. The molecule has 2 heterocycles. The first kappa shape index (κ1) is 21.0. The predicted octanol–water partition coefficient (Wildman–Crippen LogP) is 3.65. The van der Waals surface area contributed by atoms with E-state index in [1.807, 2.05) is 53.2 Å². The molecule has 0 aliphatic carbocycles. The molecule has 0 fully saturated rings. The van der Waals surface area contributed by atoms with Crippen LogP contribution in [0.1, 0.15) is 30.8 Å². The molecule has 1 amide bonds. The van der Waals surface area contributed by atoms with Crippen LogP contribution in [0.4, 0.5) is 5.69 Å². The van der Waals surface area contributed by atoms with E-state index in [0.29, 0.717) is 16.6 Å². The van der Waals surface area contributed by atoms with E-state index < -0.39 is 5.25 Å². The number of para-hydroxylation sites is 2. The first-order valence-electron chi connectivity index (χ1n) is 10.1. The van der Waals surface area contributed by atoms with Crippen molar-refractivity contribution in [1.82, 2.24) is 14.9 Å². The second-order valence-corrected chi connectivity index (χ2v) is 8.20. The number of fused-ring (bicyclic) bond motifs is 1. The van der Waals surface area contributed by atoms with Crippen molar-refractivity contribution >= 4 is 23.4 Å². The van der Waals surface area contributed by atoms with Crippen LogP contribution >= 0.6 is 11.8 Å². The molecule has 1 aliphatic heterocycles. The first-order chi connectivity index (χ1) is 15.1. The highest BCUT2D eigenvalue weighted by Crippen LogP contribution is 2.38. The van der Waals surface area contributed by atoms with Gasteiger partial charge in [-0.25, -0.2) is 4.68 Å². The fourth-order valence-electron chi connectivity index (χ4n) is 3.50. The Morgan fingerprint density at radius 3 is 2.61 bits per heavy atom. The molecule has 0 spiro atoms. The molecular formula is C22H25N5O3S. The molecule has 2 aromatic carbocycles. The summed E-state index contributed by atoms with van der Waals surface area (Å²) in [5.41, 5.74) is 5.06. The normalized spacial score (nSPS) is 17.4. The maximum Gasteiger partial charge on any atom is 0.240 e. The average Bonchev–Trinajstić information content (AvgIpc) is 3.20. The van der Waals surface area contributed by atoms with Gasteiger partial charge < -0.3 is 20.2 Å². The van der Waals surface area contributed by atoms with Gasteiger partial charge in [-0.05, 0) is 36.2 Å². The maximum absolute atomic E-state index is 13.4. The third-order valence-corrected chi connectivity index (χ3v) is 6.29. The van der Waals surface area contributed by atoms with Crippen LogP contribution in [0, 0.1) is 0 Å². The minimum absolute atomic E-state index is 0.144. The zero-order valence-corrected chi connectivity index (χ0v) is 18.5. The molecule has 0 saturated carbocycles. The molecule has 31 heavy (non-hydrogen) atoms. The van der Waals surface area contributed by atoms with Gasteiger partial charge in [0, 0.05) is 6.42 Å². The second kappa shape index (κ2) is 9.30. The number of methoxy groups -OCH3 is 2. The number of ether oxygens (including phenoxy) is 2. The van der Waals surface area contributed by atoms with E-state index in [-0.39, 0.29) is 11.9 Å². The summed E-state index contributed by atoms with van der Waals surface area (Å²) in [4.78, 5) is 13.4. The van der Waals surface area contributed by atoms with Crippen molar-refractivity contribution in [2.24, 2.45) is 0 Å². The van der Waals surface area contributed by atoms with Crippen molar-refractivity contribution < 1.29 is 14.3 Å². The molecule has 2 unspecified atom stereocenters. The molecule has 2 N–H and O–H groups in total. The van der Waals surface area contributed by atoms with Crippen LogP contribution < -0.4 is 20.2 Å². The zero-order valence-electron chi connectivity index (χ0n) is 17.7. The highest BCUT2D eigenvalue weighted by molar-refractivity contribution is 8.00. The van der Waals surface area contributed by atoms with E-state index in [9.17, 15) is 4.79 Å². The monoisotopic (exact) mass is 439 g/mol. The zero-order chi connectivity index (χ0) is 21.8. The summed E-state index contributed by atoms with van der Waals surface area (Å²) in [6.07, 6.45) is 1.75. The summed E-state index contributed by atoms with van der Waals surface area (Å²) in [6, 6.07) is 14.8. The van der Waals surface area contributed by atoms with Gasteiger partial charge in [-0.1, -0.05) is 43.0 Å². The molecule has 0 saturated heterocycles. The van der Waals surface area contributed by atoms with Gasteiger partial charge in [0.1, 0.15) is 16.7 Å². The van der Waals surface area contributed by atoms with Gasteiger partial charge >= 0.3 is 0 Å². The number of nitrogens with zero attached hydrogens (tertiary/aromatic N) is 3. The van der Waals surface area contributed by atoms with Gasteiger partial charge in [0.05, 0.1) is 25.9 Å². The maximum atomic E-state index is 13.4. The highest BCUT2D eigenvalue weighted by Gasteiger charge is 2.38. The lowest BCUT2D eigenvalue weighted by Gasteiger charge is -2.33. The molecule has 2 atom stereocenters. The molecule has 9 heteroatoms. The quantitative estimate of drug-likeness (QED) is 0.581. The van der Waals surface area contributed by atoms with Crippen molar-refractivity contribution in [3.8, 4) is 11.5 Å². The number of benzene rings is 2. The highest BCUT2D eigenvalue weighted by atomic mass is 32.2. The molecular weight excluding hydrogens is 414 g/mol. The lowest BCUT2D eigenvalue weighted by molar-refractivity contribution is -0.116. The Labute approximate surface area is 185 Å². The Morgan fingerprint density at radius 2 is 1.90 bits per heavy atom. The molecule has 0 bridgehead atoms. The minimum Gasteiger partial charge on any atom is -0.497 e. The van der Waals surface area contributed by atoms with Crippen LogP contribution in [0.25, 0.3) is 0 Å². The largest absolute Gasteiger partial charge is 0.497 e. The average molecular weight is 440 g/mol. The molecule has 1 aromatic heterocycles. The molecule has 1 aliphatic rings. The molecule has 0 radical (unpaired) electrons. The van der Waals surface area contributed by atoms with E-state index in [1.54, 1.807) is 14.2 Å². The number of carbonyl (C=O) groups is 1. The van der Waals surface area contributed by atoms with Crippen molar-refractivity contribution in [3.05, 3.63) is 59.9 Å².